The highest BCUT2D eigenvalue weighted by Gasteiger charge is 2.33. The first-order chi connectivity index (χ1) is 16.8. The van der Waals surface area contributed by atoms with Crippen molar-refractivity contribution in [1.82, 2.24) is 9.97 Å². The molecule has 2 amide bonds. The number of hydrogen-bond acceptors (Lipinski definition) is 8. The summed E-state index contributed by atoms with van der Waals surface area (Å²) in [6.45, 7) is 0. The molecule has 4 N–H and O–H groups in total. The molecule has 0 saturated heterocycles. The standard InChI is InChI=1S/C24H25N7O4.CH4/c1-30(17-6-3-2-4-7-17)23(33)15-10-12-16(13-11-15)27-24-26-14-20(31(34)35)22(29-24)28-19-9-5-8-18(19)21(25)32;/h2-4,6-7,10-14,18-19H,5,8-9H2,1H3,(H2,25,32)(H2,26,27,28,29);1H4/t18-,19+;/m0./s1. The maximum atomic E-state index is 12.8. The third-order valence-electron chi connectivity index (χ3n) is 6.01. The van der Waals surface area contributed by atoms with Crippen LogP contribution < -0.4 is 21.3 Å². The Morgan fingerprint density at radius 1 is 1.11 bits per heavy atom. The summed E-state index contributed by atoms with van der Waals surface area (Å²) in [5, 5.41) is 17.5. The van der Waals surface area contributed by atoms with E-state index in [1.54, 1.807) is 36.2 Å². The van der Waals surface area contributed by atoms with Crippen molar-refractivity contribution in [2.45, 2.75) is 32.7 Å². The van der Waals surface area contributed by atoms with Gasteiger partial charge in [-0.05, 0) is 49.2 Å². The molecule has 0 aliphatic heterocycles. The zero-order chi connectivity index (χ0) is 24.9. The number of aromatic nitrogens is 2. The molecule has 0 unspecified atom stereocenters. The number of nitrogens with one attached hydrogen (secondary N) is 2. The van der Waals surface area contributed by atoms with Crippen molar-refractivity contribution >= 4 is 40.6 Å². The van der Waals surface area contributed by atoms with Gasteiger partial charge in [-0.25, -0.2) is 4.98 Å². The first kappa shape index (κ1) is 26.1. The molecular weight excluding hydrogens is 462 g/mol. The third-order valence-corrected chi connectivity index (χ3v) is 6.01. The Kier molecular flexibility index (Phi) is 8.15. The summed E-state index contributed by atoms with van der Waals surface area (Å²) in [7, 11) is 1.70. The van der Waals surface area contributed by atoms with Gasteiger partial charge in [0.15, 0.2) is 0 Å². The molecule has 0 radical (unpaired) electrons. The zero-order valence-electron chi connectivity index (χ0n) is 19.0. The van der Waals surface area contributed by atoms with E-state index in [2.05, 4.69) is 20.6 Å². The number of nitrogens with zero attached hydrogens (tertiary/aromatic N) is 4. The highest BCUT2D eigenvalue weighted by atomic mass is 16.6. The predicted molar refractivity (Wildman–Crippen MR) is 138 cm³/mol. The molecule has 1 fully saturated rings. The number of carbonyl (C=O) groups excluding carboxylic acids is 2. The van der Waals surface area contributed by atoms with Gasteiger partial charge in [-0.1, -0.05) is 32.0 Å². The number of hydrogen-bond donors (Lipinski definition) is 3. The number of carbonyl (C=O) groups is 2. The Bertz CT molecular complexity index is 1230. The van der Waals surface area contributed by atoms with E-state index >= 15 is 0 Å². The van der Waals surface area contributed by atoms with Crippen molar-refractivity contribution in [3.63, 3.8) is 0 Å². The molecule has 0 spiro atoms. The molecule has 36 heavy (non-hydrogen) atoms. The lowest BCUT2D eigenvalue weighted by Crippen LogP contribution is -2.34. The summed E-state index contributed by atoms with van der Waals surface area (Å²) in [5.41, 5.74) is 7.04. The van der Waals surface area contributed by atoms with Crippen LogP contribution in [0.15, 0.2) is 60.8 Å². The summed E-state index contributed by atoms with van der Waals surface area (Å²) in [5.74, 6) is -0.877. The van der Waals surface area contributed by atoms with Crippen molar-refractivity contribution in [2.75, 3.05) is 22.6 Å². The number of anilines is 4. The molecule has 4 rings (SSSR count). The molecule has 1 saturated carbocycles. The fraction of sp³-hybridized carbons (Fsp3) is 0.280. The first-order valence-electron chi connectivity index (χ1n) is 11.1. The lowest BCUT2D eigenvalue weighted by Gasteiger charge is -2.19. The smallest absolute Gasteiger partial charge is 0.329 e. The Morgan fingerprint density at radius 3 is 2.44 bits per heavy atom. The average molecular weight is 492 g/mol. The second kappa shape index (κ2) is 11.3. The minimum absolute atomic E-state index is 0. The van der Waals surface area contributed by atoms with E-state index < -0.39 is 16.7 Å². The normalized spacial score (nSPS) is 16.5. The highest BCUT2D eigenvalue weighted by molar-refractivity contribution is 6.05. The van der Waals surface area contributed by atoms with Crippen LogP contribution in [0.5, 0.6) is 0 Å². The van der Waals surface area contributed by atoms with Crippen LogP contribution in [0.2, 0.25) is 0 Å². The van der Waals surface area contributed by atoms with Crippen molar-refractivity contribution in [2.24, 2.45) is 11.7 Å². The van der Waals surface area contributed by atoms with Gasteiger partial charge in [0, 0.05) is 30.0 Å². The summed E-state index contributed by atoms with van der Waals surface area (Å²) >= 11 is 0. The minimum atomic E-state index is -0.579. The van der Waals surface area contributed by atoms with Gasteiger partial charge in [0.05, 0.1) is 10.8 Å². The lowest BCUT2D eigenvalue weighted by atomic mass is 10.0. The summed E-state index contributed by atoms with van der Waals surface area (Å²) in [4.78, 5) is 45.2. The number of para-hydroxylation sites is 1. The third kappa shape index (κ3) is 5.74. The van der Waals surface area contributed by atoms with E-state index in [4.69, 9.17) is 5.73 Å². The highest BCUT2D eigenvalue weighted by Crippen LogP contribution is 2.31. The first-order valence-corrected chi connectivity index (χ1v) is 11.1. The summed E-state index contributed by atoms with van der Waals surface area (Å²) in [6.07, 6.45) is 3.18. The van der Waals surface area contributed by atoms with Gasteiger partial charge in [-0.15, -0.1) is 0 Å². The number of benzene rings is 2. The van der Waals surface area contributed by atoms with Crippen LogP contribution in [0.4, 0.5) is 28.8 Å². The van der Waals surface area contributed by atoms with Crippen LogP contribution in [-0.4, -0.2) is 39.8 Å². The van der Waals surface area contributed by atoms with Crippen molar-refractivity contribution in [1.29, 1.82) is 0 Å². The number of nitrogens with two attached hydrogens (primary N) is 1. The maximum Gasteiger partial charge on any atom is 0.329 e. The van der Waals surface area contributed by atoms with Crippen LogP contribution in [-0.2, 0) is 4.79 Å². The Hall–Kier alpha value is -4.54. The van der Waals surface area contributed by atoms with Crippen LogP contribution in [0.3, 0.4) is 0 Å². The number of primary amides is 1. The second-order valence-electron chi connectivity index (χ2n) is 8.28. The molecule has 11 nitrogen and oxygen atoms in total. The van der Waals surface area contributed by atoms with E-state index in [9.17, 15) is 19.7 Å². The molecule has 2 aromatic carbocycles. The topological polar surface area (TPSA) is 156 Å². The van der Waals surface area contributed by atoms with E-state index in [0.717, 1.165) is 18.3 Å². The van der Waals surface area contributed by atoms with E-state index in [1.807, 2.05) is 30.3 Å². The zero-order valence-corrected chi connectivity index (χ0v) is 19.0. The Balaban J connectivity index is 0.00000361. The van der Waals surface area contributed by atoms with Gasteiger partial charge in [0.2, 0.25) is 17.7 Å². The summed E-state index contributed by atoms with van der Waals surface area (Å²) in [6, 6.07) is 15.7. The van der Waals surface area contributed by atoms with Crippen molar-refractivity contribution in [3.8, 4) is 0 Å². The molecule has 1 aliphatic rings. The molecule has 2 atom stereocenters. The molecular formula is C25H29N7O4. The fourth-order valence-corrected chi connectivity index (χ4v) is 4.11. The molecule has 1 heterocycles. The molecule has 11 heteroatoms. The molecule has 1 aromatic heterocycles. The van der Waals surface area contributed by atoms with Crippen LogP contribution >= 0.6 is 0 Å². The van der Waals surface area contributed by atoms with E-state index in [0.29, 0.717) is 24.1 Å². The minimum Gasteiger partial charge on any atom is -0.369 e. The average Bonchev–Trinajstić information content (AvgIpc) is 3.32. The van der Waals surface area contributed by atoms with Crippen LogP contribution in [0, 0.1) is 16.0 Å². The van der Waals surface area contributed by atoms with E-state index in [1.165, 1.54) is 0 Å². The predicted octanol–water partition coefficient (Wildman–Crippen LogP) is 4.11. The number of rotatable bonds is 8. The largest absolute Gasteiger partial charge is 0.369 e. The quantitative estimate of drug-likeness (QED) is 0.314. The molecule has 0 bridgehead atoms. The van der Waals surface area contributed by atoms with Gasteiger partial charge in [0.25, 0.3) is 5.91 Å². The Labute approximate surface area is 208 Å². The van der Waals surface area contributed by atoms with Crippen molar-refractivity contribution in [3.05, 3.63) is 76.5 Å². The number of amides is 2. The molecule has 188 valence electrons. The SMILES string of the molecule is C.CN(C(=O)c1ccc(Nc2ncc([N+](=O)[O-])c(N[C@@H]3CCC[C@@H]3C(N)=O)n2)cc1)c1ccccc1. The van der Waals surface area contributed by atoms with Gasteiger partial charge in [0.1, 0.15) is 6.20 Å². The van der Waals surface area contributed by atoms with E-state index in [-0.39, 0.29) is 36.8 Å². The number of nitro groups is 1. The molecule has 1 aliphatic carbocycles. The van der Waals surface area contributed by atoms with Gasteiger partial charge < -0.3 is 21.3 Å². The van der Waals surface area contributed by atoms with Crippen LogP contribution in [0.25, 0.3) is 0 Å². The fourth-order valence-electron chi connectivity index (χ4n) is 4.11. The second-order valence-corrected chi connectivity index (χ2v) is 8.28. The summed E-state index contributed by atoms with van der Waals surface area (Å²) < 4.78 is 0. The maximum absolute atomic E-state index is 12.8. The van der Waals surface area contributed by atoms with Gasteiger partial charge >= 0.3 is 5.69 Å². The van der Waals surface area contributed by atoms with Gasteiger partial charge in [-0.3, -0.25) is 19.7 Å². The van der Waals surface area contributed by atoms with Gasteiger partial charge in [-0.2, -0.15) is 4.98 Å². The van der Waals surface area contributed by atoms with Crippen molar-refractivity contribution < 1.29 is 14.5 Å². The Morgan fingerprint density at radius 2 is 1.81 bits per heavy atom. The molecule has 3 aromatic rings. The lowest BCUT2D eigenvalue weighted by molar-refractivity contribution is -0.384. The van der Waals surface area contributed by atoms with Crippen LogP contribution in [0.1, 0.15) is 37.0 Å². The monoisotopic (exact) mass is 491 g/mol.